The molecule has 0 saturated carbocycles. The van der Waals surface area contributed by atoms with Crippen molar-refractivity contribution in [2.45, 2.75) is 239 Å². The van der Waals surface area contributed by atoms with Gasteiger partial charge < -0.3 is 22.2 Å². The van der Waals surface area contributed by atoms with Gasteiger partial charge in [0.05, 0.1) is 6.61 Å². The van der Waals surface area contributed by atoms with E-state index in [1.54, 1.807) is 6.92 Å². The van der Waals surface area contributed by atoms with Crippen molar-refractivity contribution < 1.29 is 27.0 Å². The van der Waals surface area contributed by atoms with Crippen LogP contribution in [0.3, 0.4) is 0 Å². The van der Waals surface area contributed by atoms with Gasteiger partial charge in [-0.25, -0.2) is 4.79 Å². The highest BCUT2D eigenvalue weighted by Gasteiger charge is 2.42. The first kappa shape index (κ1) is 68.9. The van der Waals surface area contributed by atoms with Gasteiger partial charge in [-0.3, -0.25) is 0 Å². The standard InChI is InChI=1S/C23H52O5Si4.C12H26O.6CH4/c1-22(2)23(24)25-20-18-16-14-12-11-13-15-17-19-21-32(10,26-29(3)4)28-31(8,9)27-30(5,6)7;1-2-3-4-5-6-7-8-9-10-11-12-13;;;;;;/h29H,1,11-21H2,2-10H3;13H,2-12H2,1H3;6*1H4. The molecule has 0 aromatic rings. The molecule has 318 valence electrons. The predicted molar refractivity (Wildman–Crippen MR) is 246 cm³/mol. The number of esters is 1. The van der Waals surface area contributed by atoms with E-state index in [2.05, 4.69) is 65.9 Å². The minimum atomic E-state index is -2.18. The Morgan fingerprint density at radius 1 is 0.608 bits per heavy atom. The molecule has 51 heavy (non-hydrogen) atoms. The molecule has 0 spiro atoms. The van der Waals surface area contributed by atoms with Gasteiger partial charge in [0, 0.05) is 12.2 Å². The molecular weight excluding hydrogens is 701 g/mol. The summed E-state index contributed by atoms with van der Waals surface area (Å²) in [7, 11) is -7.12. The van der Waals surface area contributed by atoms with Crippen LogP contribution in [0.1, 0.15) is 180 Å². The number of unbranched alkanes of at least 4 members (excludes halogenated alkanes) is 17. The van der Waals surface area contributed by atoms with Gasteiger partial charge in [-0.2, -0.15) is 0 Å². The largest absolute Gasteiger partial charge is 0.462 e. The van der Waals surface area contributed by atoms with E-state index in [0.29, 0.717) is 18.8 Å². The van der Waals surface area contributed by atoms with Crippen LogP contribution in [-0.2, 0) is 21.9 Å². The summed E-state index contributed by atoms with van der Waals surface area (Å²) in [6, 6.07) is 1.08. The number of rotatable bonds is 29. The average molecular weight is 804 g/mol. The number of hydrogen-bond donors (Lipinski definition) is 1. The fraction of sp³-hybridized carbons (Fsp3) is 0.927. The lowest BCUT2D eigenvalue weighted by Gasteiger charge is -2.39. The molecule has 0 bridgehead atoms. The van der Waals surface area contributed by atoms with Crippen LogP contribution in [0.15, 0.2) is 12.2 Å². The molecule has 0 aliphatic heterocycles. The van der Waals surface area contributed by atoms with Crippen LogP contribution >= 0.6 is 0 Å². The second-order valence-corrected chi connectivity index (χ2v) is 29.2. The number of aliphatic hydroxyl groups is 1. The number of hydrogen-bond acceptors (Lipinski definition) is 6. The molecule has 0 radical (unpaired) electrons. The van der Waals surface area contributed by atoms with Crippen molar-refractivity contribution in [2.24, 2.45) is 0 Å². The first-order valence-electron chi connectivity index (χ1n) is 18.6. The monoisotopic (exact) mass is 803 g/mol. The lowest BCUT2D eigenvalue weighted by molar-refractivity contribution is -0.139. The van der Waals surface area contributed by atoms with Crippen LogP contribution in [0.2, 0.25) is 58.4 Å². The van der Waals surface area contributed by atoms with Gasteiger partial charge in [-0.1, -0.05) is 167 Å². The Hall–Kier alpha value is -0.0825. The number of carbonyl (C=O) groups is 1. The molecule has 6 nitrogen and oxygen atoms in total. The van der Waals surface area contributed by atoms with Gasteiger partial charge in [0.25, 0.3) is 0 Å². The molecule has 0 rings (SSSR count). The van der Waals surface area contributed by atoms with Crippen molar-refractivity contribution in [3.63, 3.8) is 0 Å². The molecule has 0 saturated heterocycles. The molecule has 0 amide bonds. The second kappa shape index (κ2) is 42.7. The Morgan fingerprint density at radius 3 is 1.33 bits per heavy atom. The highest BCUT2D eigenvalue weighted by molar-refractivity contribution is 6.87. The van der Waals surface area contributed by atoms with Crippen molar-refractivity contribution in [1.29, 1.82) is 0 Å². The molecule has 10 heteroatoms. The summed E-state index contributed by atoms with van der Waals surface area (Å²) in [6.07, 6.45) is 24.2. The Morgan fingerprint density at radius 2 is 0.980 bits per heavy atom. The fourth-order valence-electron chi connectivity index (χ4n) is 5.58. The van der Waals surface area contributed by atoms with Crippen molar-refractivity contribution in [2.75, 3.05) is 13.2 Å². The third-order valence-electron chi connectivity index (χ3n) is 7.37. The van der Waals surface area contributed by atoms with E-state index in [0.717, 1.165) is 25.3 Å². The quantitative estimate of drug-likeness (QED) is 0.0351. The number of carbonyl (C=O) groups excluding carboxylic acids is 1. The molecule has 1 atom stereocenters. The molecular formula is C41H102O6Si4. The summed E-state index contributed by atoms with van der Waals surface area (Å²) < 4.78 is 24.7. The lowest BCUT2D eigenvalue weighted by Crippen LogP contribution is -2.55. The van der Waals surface area contributed by atoms with E-state index in [-0.39, 0.29) is 50.5 Å². The smallest absolute Gasteiger partial charge is 0.333 e. The summed E-state index contributed by atoms with van der Waals surface area (Å²) in [4.78, 5) is 11.3. The SMILES string of the molecule is C.C.C.C.C.C.C=C(C)C(=O)OCCCCCCCCCCC[Si](C)(O[SiH](C)C)O[Si](C)(C)O[Si](C)(C)C.CCCCCCCCCCCCO. The van der Waals surface area contributed by atoms with Gasteiger partial charge in [0.15, 0.2) is 17.4 Å². The van der Waals surface area contributed by atoms with Crippen LogP contribution < -0.4 is 0 Å². The van der Waals surface area contributed by atoms with Crippen molar-refractivity contribution in [1.82, 2.24) is 0 Å². The van der Waals surface area contributed by atoms with E-state index in [4.69, 9.17) is 22.2 Å². The van der Waals surface area contributed by atoms with E-state index < -0.39 is 34.5 Å². The number of ether oxygens (including phenoxy) is 1. The zero-order valence-corrected chi connectivity index (χ0v) is 36.0. The first-order valence-corrected chi connectivity index (χ1v) is 30.1. The topological polar surface area (TPSA) is 74.2 Å². The number of aliphatic hydroxyl groups excluding tert-OH is 1. The van der Waals surface area contributed by atoms with E-state index in [1.807, 2.05) is 0 Å². The summed E-state index contributed by atoms with van der Waals surface area (Å²) in [5.41, 5.74) is 0.475. The fourth-order valence-corrected chi connectivity index (χ4v) is 22.6. The van der Waals surface area contributed by atoms with Crippen LogP contribution in [0, 0.1) is 0 Å². The third-order valence-corrected chi connectivity index (χ3v) is 20.6. The van der Waals surface area contributed by atoms with Gasteiger partial charge in [0.2, 0.25) is 0 Å². The minimum Gasteiger partial charge on any atom is -0.462 e. The summed E-state index contributed by atoms with van der Waals surface area (Å²) >= 11 is 0. The molecule has 1 unspecified atom stereocenters. The molecule has 0 aliphatic carbocycles. The first-order chi connectivity index (χ1) is 21.1. The van der Waals surface area contributed by atoms with E-state index >= 15 is 0 Å². The highest BCUT2D eigenvalue weighted by Crippen LogP contribution is 2.26. The van der Waals surface area contributed by atoms with Gasteiger partial charge in [0.1, 0.15) is 0 Å². The van der Waals surface area contributed by atoms with E-state index in [1.165, 1.54) is 103 Å². The Labute approximate surface area is 330 Å². The summed E-state index contributed by atoms with van der Waals surface area (Å²) in [6.45, 7) is 26.2. The van der Waals surface area contributed by atoms with Crippen LogP contribution in [0.4, 0.5) is 0 Å². The Kier molecular flexibility index (Phi) is 57.6. The second-order valence-electron chi connectivity index (χ2n) is 14.8. The highest BCUT2D eigenvalue weighted by atomic mass is 28.5. The maximum absolute atomic E-state index is 11.3. The Balaban J connectivity index is -0.000000140. The zero-order valence-electron chi connectivity index (χ0n) is 31.8. The Bertz CT molecular complexity index is 707. The van der Waals surface area contributed by atoms with Gasteiger partial charge in [-0.15, -0.1) is 0 Å². The third kappa shape index (κ3) is 52.1. The van der Waals surface area contributed by atoms with Crippen molar-refractivity contribution in [3.8, 4) is 0 Å². The van der Waals surface area contributed by atoms with Crippen LogP contribution in [0.25, 0.3) is 0 Å². The summed E-state index contributed by atoms with van der Waals surface area (Å²) in [5.74, 6) is -0.273. The molecule has 1 N–H and O–H groups in total. The van der Waals surface area contributed by atoms with Crippen LogP contribution in [0.5, 0.6) is 0 Å². The molecule has 0 heterocycles. The van der Waals surface area contributed by atoms with Crippen molar-refractivity contribution >= 4 is 40.4 Å². The van der Waals surface area contributed by atoms with Gasteiger partial charge in [-0.05, 0) is 78.2 Å². The normalized spacial score (nSPS) is 11.8. The zero-order chi connectivity index (χ0) is 34.6. The summed E-state index contributed by atoms with van der Waals surface area (Å²) in [5, 5.41) is 8.57. The minimum absolute atomic E-state index is 0. The molecule has 0 aliphatic rings. The predicted octanol–water partition coefficient (Wildman–Crippen LogP) is 15.0. The maximum atomic E-state index is 11.3. The van der Waals surface area contributed by atoms with Crippen molar-refractivity contribution in [3.05, 3.63) is 12.2 Å². The lowest BCUT2D eigenvalue weighted by atomic mass is 10.1. The average Bonchev–Trinajstić information content (AvgIpc) is 2.90. The van der Waals surface area contributed by atoms with E-state index in [9.17, 15) is 4.79 Å². The molecule has 0 aromatic heterocycles. The maximum Gasteiger partial charge on any atom is 0.333 e. The molecule has 0 fully saturated rings. The van der Waals surface area contributed by atoms with Crippen LogP contribution in [-0.4, -0.2) is 58.8 Å². The van der Waals surface area contributed by atoms with Gasteiger partial charge >= 0.3 is 23.1 Å². The molecule has 0 aromatic carbocycles.